The molecule has 69 heavy (non-hydrogen) atoms. The summed E-state index contributed by atoms with van der Waals surface area (Å²) in [5.74, 6) is -1.66. The Labute approximate surface area is 426 Å². The van der Waals surface area contributed by atoms with E-state index in [0.29, 0.717) is 13.2 Å². The van der Waals surface area contributed by atoms with E-state index in [1.807, 2.05) is 0 Å². The lowest BCUT2D eigenvalue weighted by Crippen LogP contribution is -2.17. The van der Waals surface area contributed by atoms with Crippen LogP contribution in [0.5, 0.6) is 0 Å². The second-order valence-corrected chi connectivity index (χ2v) is 20.0. The van der Waals surface area contributed by atoms with Gasteiger partial charge in [-0.2, -0.15) is 0 Å². The van der Waals surface area contributed by atoms with Gasteiger partial charge in [0.25, 0.3) is 0 Å². The van der Waals surface area contributed by atoms with Gasteiger partial charge in [0.05, 0.1) is 36.5 Å². The lowest BCUT2D eigenvalue weighted by Gasteiger charge is -2.12. The Balaban J connectivity index is 2.48. The van der Waals surface area contributed by atoms with E-state index in [4.69, 9.17) is 14.2 Å². The maximum Gasteiger partial charge on any atom is 0.339 e. The fourth-order valence-electron chi connectivity index (χ4n) is 8.80. The molecule has 0 radical (unpaired) electrons. The van der Waals surface area contributed by atoms with Gasteiger partial charge >= 0.3 is 17.9 Å². The summed E-state index contributed by atoms with van der Waals surface area (Å²) in [7, 11) is 0. The van der Waals surface area contributed by atoms with Crippen molar-refractivity contribution in [1.29, 1.82) is 0 Å². The summed E-state index contributed by atoms with van der Waals surface area (Å²) in [5.41, 5.74) is 0.438. The van der Waals surface area contributed by atoms with Crippen LogP contribution in [0, 0.1) is 0 Å². The number of ether oxygens (including phenoxy) is 3. The molecule has 0 aliphatic heterocycles. The SMILES string of the molecule is CCCCCCCCC/C=C/CCCCCCCOC(=O)c1ccc(C(=O)OCCCCCCC/C=C/CCCCCCCCC)c(C(=O)OCCCCCCC/C=C/CCCCCCCCC)c1. The molecule has 0 bridgehead atoms. The molecule has 396 valence electrons. The molecule has 0 amide bonds. The highest BCUT2D eigenvalue weighted by atomic mass is 16.5. The van der Waals surface area contributed by atoms with Crippen molar-refractivity contribution >= 4 is 17.9 Å². The van der Waals surface area contributed by atoms with Gasteiger partial charge in [0.2, 0.25) is 0 Å². The van der Waals surface area contributed by atoms with Crippen molar-refractivity contribution in [3.8, 4) is 0 Å². The number of esters is 3. The van der Waals surface area contributed by atoms with E-state index < -0.39 is 17.9 Å². The number of benzene rings is 1. The van der Waals surface area contributed by atoms with Gasteiger partial charge in [-0.1, -0.05) is 231 Å². The number of rotatable bonds is 51. The maximum absolute atomic E-state index is 13.5. The van der Waals surface area contributed by atoms with Crippen LogP contribution in [0.1, 0.15) is 322 Å². The summed E-state index contributed by atoms with van der Waals surface area (Å²) in [6, 6.07) is 4.53. The number of hydrogen-bond donors (Lipinski definition) is 0. The van der Waals surface area contributed by atoms with Gasteiger partial charge in [0, 0.05) is 0 Å². The first-order valence-electron chi connectivity index (χ1n) is 29.6. The Kier molecular flexibility index (Phi) is 47.4. The maximum atomic E-state index is 13.5. The van der Waals surface area contributed by atoms with Crippen LogP contribution in [0.25, 0.3) is 0 Å². The van der Waals surface area contributed by atoms with E-state index in [2.05, 4.69) is 57.2 Å². The average molecular weight is 962 g/mol. The van der Waals surface area contributed by atoms with Gasteiger partial charge in [-0.05, 0) is 115 Å². The standard InChI is InChI=1S/C63H108O6/c1-4-7-10-13-16-19-22-25-28-31-34-37-40-43-46-49-54-67-61(64)58-52-53-59(62(65)68-55-50-47-44-41-38-35-32-29-26-23-20-17-14-11-8-5-2)60(57-58)63(66)69-56-51-48-45-42-39-36-33-30-27-24-21-18-15-12-9-6-3/h28-33,52-53,57H,4-27,34-51,54-56H2,1-3H3/b31-28+,32-29+,33-30+. The molecular formula is C63H108O6. The van der Waals surface area contributed by atoms with Crippen LogP contribution < -0.4 is 0 Å². The fraction of sp³-hybridized carbons (Fsp3) is 0.762. The average Bonchev–Trinajstić information content (AvgIpc) is 3.36. The van der Waals surface area contributed by atoms with E-state index in [-0.39, 0.29) is 23.3 Å². The van der Waals surface area contributed by atoms with Crippen molar-refractivity contribution in [2.24, 2.45) is 0 Å². The smallest absolute Gasteiger partial charge is 0.339 e. The first kappa shape index (κ1) is 63.9. The molecule has 0 aliphatic rings. The van der Waals surface area contributed by atoms with E-state index in [0.717, 1.165) is 89.9 Å². The van der Waals surface area contributed by atoms with Crippen LogP contribution in [-0.4, -0.2) is 37.7 Å². The minimum Gasteiger partial charge on any atom is -0.462 e. The van der Waals surface area contributed by atoms with Crippen LogP contribution >= 0.6 is 0 Å². The molecule has 0 spiro atoms. The summed E-state index contributed by atoms with van der Waals surface area (Å²) in [6.45, 7) is 7.69. The molecule has 6 nitrogen and oxygen atoms in total. The molecular weight excluding hydrogens is 853 g/mol. The number of allylic oxidation sites excluding steroid dienone is 6. The first-order valence-corrected chi connectivity index (χ1v) is 29.6. The second-order valence-electron chi connectivity index (χ2n) is 20.0. The molecule has 0 saturated heterocycles. The molecule has 0 atom stereocenters. The van der Waals surface area contributed by atoms with Crippen LogP contribution in [0.15, 0.2) is 54.7 Å². The zero-order chi connectivity index (χ0) is 49.8. The Bertz CT molecular complexity index is 1410. The normalized spacial score (nSPS) is 11.7. The van der Waals surface area contributed by atoms with Crippen molar-refractivity contribution in [3.63, 3.8) is 0 Å². The Hall–Kier alpha value is -3.15. The zero-order valence-corrected chi connectivity index (χ0v) is 45.5. The fourth-order valence-corrected chi connectivity index (χ4v) is 8.80. The third-order valence-electron chi connectivity index (χ3n) is 13.4. The Morgan fingerprint density at radius 3 is 0.855 bits per heavy atom. The number of hydrogen-bond acceptors (Lipinski definition) is 6. The van der Waals surface area contributed by atoms with Crippen LogP contribution in [-0.2, 0) is 14.2 Å². The lowest BCUT2D eigenvalue weighted by molar-refractivity contribution is 0.0448. The molecule has 1 rings (SSSR count). The predicted molar refractivity (Wildman–Crippen MR) is 296 cm³/mol. The molecule has 1 aromatic rings. The van der Waals surface area contributed by atoms with Crippen LogP contribution in [0.3, 0.4) is 0 Å². The number of unbranched alkanes of at least 4 members (excludes halogenated alkanes) is 36. The second kappa shape index (κ2) is 51.2. The van der Waals surface area contributed by atoms with E-state index in [9.17, 15) is 14.4 Å². The van der Waals surface area contributed by atoms with Crippen molar-refractivity contribution in [2.75, 3.05) is 19.8 Å². The Morgan fingerprint density at radius 2 is 0.551 bits per heavy atom. The van der Waals surface area contributed by atoms with Crippen molar-refractivity contribution < 1.29 is 28.6 Å². The molecule has 0 saturated carbocycles. The van der Waals surface area contributed by atoms with Gasteiger partial charge < -0.3 is 14.2 Å². The lowest BCUT2D eigenvalue weighted by atomic mass is 10.0. The van der Waals surface area contributed by atoms with E-state index in [1.54, 1.807) is 6.07 Å². The summed E-state index contributed by atoms with van der Waals surface area (Å²) in [5, 5.41) is 0. The van der Waals surface area contributed by atoms with Crippen molar-refractivity contribution in [1.82, 2.24) is 0 Å². The summed E-state index contributed by atoms with van der Waals surface area (Å²) >= 11 is 0. The van der Waals surface area contributed by atoms with Gasteiger partial charge in [0.1, 0.15) is 0 Å². The van der Waals surface area contributed by atoms with Crippen molar-refractivity contribution in [3.05, 3.63) is 71.3 Å². The topological polar surface area (TPSA) is 78.9 Å². The third-order valence-corrected chi connectivity index (χ3v) is 13.4. The molecule has 0 aliphatic carbocycles. The quantitative estimate of drug-likeness (QED) is 0.0280. The zero-order valence-electron chi connectivity index (χ0n) is 45.5. The molecule has 0 fully saturated rings. The predicted octanol–water partition coefficient (Wildman–Crippen LogP) is 20.3. The Morgan fingerprint density at radius 1 is 0.304 bits per heavy atom. The minimum atomic E-state index is -0.605. The van der Waals surface area contributed by atoms with E-state index in [1.165, 1.54) is 192 Å². The monoisotopic (exact) mass is 961 g/mol. The molecule has 0 heterocycles. The highest BCUT2D eigenvalue weighted by Gasteiger charge is 2.22. The molecule has 0 unspecified atom stereocenters. The van der Waals surface area contributed by atoms with Crippen molar-refractivity contribution in [2.45, 2.75) is 290 Å². The van der Waals surface area contributed by atoms with Gasteiger partial charge in [-0.15, -0.1) is 0 Å². The largest absolute Gasteiger partial charge is 0.462 e. The molecule has 6 heteroatoms. The van der Waals surface area contributed by atoms with E-state index >= 15 is 0 Å². The summed E-state index contributed by atoms with van der Waals surface area (Å²) in [4.78, 5) is 39.9. The van der Waals surface area contributed by atoms with Crippen LogP contribution in [0.4, 0.5) is 0 Å². The molecule has 1 aromatic carbocycles. The first-order chi connectivity index (χ1) is 34.0. The highest BCUT2D eigenvalue weighted by Crippen LogP contribution is 2.19. The minimum absolute atomic E-state index is 0.0641. The molecule has 0 aromatic heterocycles. The third kappa shape index (κ3) is 41.2. The van der Waals surface area contributed by atoms with Crippen LogP contribution in [0.2, 0.25) is 0 Å². The van der Waals surface area contributed by atoms with Gasteiger partial charge in [-0.25, -0.2) is 14.4 Å². The van der Waals surface area contributed by atoms with Gasteiger partial charge in [-0.3, -0.25) is 0 Å². The number of carbonyl (C=O) groups excluding carboxylic acids is 3. The summed E-state index contributed by atoms with van der Waals surface area (Å²) in [6.07, 6.45) is 65.1. The van der Waals surface area contributed by atoms with Gasteiger partial charge in [0.15, 0.2) is 0 Å². The molecule has 0 N–H and O–H groups in total. The summed E-state index contributed by atoms with van der Waals surface area (Å²) < 4.78 is 17.0. The highest BCUT2D eigenvalue weighted by molar-refractivity contribution is 6.05. The number of carbonyl (C=O) groups is 3.